The highest BCUT2D eigenvalue weighted by atomic mass is 28.4. The maximum absolute atomic E-state index is 5.90. The lowest BCUT2D eigenvalue weighted by atomic mass is 10.1. The van der Waals surface area contributed by atoms with Crippen LogP contribution in [0.25, 0.3) is 0 Å². The molecule has 6 nitrogen and oxygen atoms in total. The van der Waals surface area contributed by atoms with Crippen molar-refractivity contribution in [2.24, 2.45) is 0 Å². The summed E-state index contributed by atoms with van der Waals surface area (Å²) < 4.78 is 35.0. The molecule has 0 spiro atoms. The summed E-state index contributed by atoms with van der Waals surface area (Å²) in [6.45, 7) is 12.6. The first-order chi connectivity index (χ1) is 12.4. The van der Waals surface area contributed by atoms with Gasteiger partial charge in [-0.3, -0.25) is 0 Å². The van der Waals surface area contributed by atoms with Crippen LogP contribution in [0.1, 0.15) is 46.6 Å². The molecule has 0 amide bonds. The summed E-state index contributed by atoms with van der Waals surface area (Å²) in [5, 5.41) is 0. The lowest BCUT2D eigenvalue weighted by molar-refractivity contribution is -0.180. The average Bonchev–Trinajstić information content (AvgIpc) is 2.59. The van der Waals surface area contributed by atoms with Crippen LogP contribution in [0.15, 0.2) is 18.2 Å². The van der Waals surface area contributed by atoms with Gasteiger partial charge in [-0.25, -0.2) is 0 Å². The predicted octanol–water partition coefficient (Wildman–Crippen LogP) is 4.15. The molecule has 1 heterocycles. The Labute approximate surface area is 158 Å². The summed E-state index contributed by atoms with van der Waals surface area (Å²) in [4.78, 5) is 0. The van der Waals surface area contributed by atoms with E-state index in [9.17, 15) is 0 Å². The fourth-order valence-corrected chi connectivity index (χ4v) is 5.46. The number of hydrogen-bond acceptors (Lipinski definition) is 6. The average molecular weight is 385 g/mol. The molecule has 0 N–H and O–H groups in total. The van der Waals surface area contributed by atoms with Crippen LogP contribution in [0.3, 0.4) is 0 Å². The van der Waals surface area contributed by atoms with Crippen LogP contribution >= 0.6 is 0 Å². The molecule has 2 rings (SSSR count). The topological polar surface area (TPSA) is 55.4 Å². The molecule has 26 heavy (non-hydrogen) atoms. The number of fused-ring (bicyclic) bond motifs is 1. The van der Waals surface area contributed by atoms with Crippen molar-refractivity contribution in [2.75, 3.05) is 26.4 Å². The Kier molecular flexibility index (Phi) is 7.91. The highest BCUT2D eigenvalue weighted by molar-refractivity contribution is 6.60. The molecule has 148 valence electrons. The molecule has 0 saturated heterocycles. The zero-order valence-electron chi connectivity index (χ0n) is 16.6. The van der Waals surface area contributed by atoms with Crippen LogP contribution in [0.2, 0.25) is 6.04 Å². The number of benzene rings is 1. The molecule has 0 atom stereocenters. The summed E-state index contributed by atoms with van der Waals surface area (Å²) >= 11 is 0. The second kappa shape index (κ2) is 9.71. The quantitative estimate of drug-likeness (QED) is 0.422. The second-order valence-corrected chi connectivity index (χ2v) is 9.23. The normalized spacial score (nSPS) is 16.0. The smallest absolute Gasteiger partial charge is 0.494 e. The highest BCUT2D eigenvalue weighted by Gasteiger charge is 2.39. The molecular formula is C19H32O6Si. The zero-order valence-corrected chi connectivity index (χ0v) is 17.6. The van der Waals surface area contributed by atoms with Crippen molar-refractivity contribution in [2.45, 2.75) is 59.5 Å². The Bertz CT molecular complexity index is 546. The largest absolute Gasteiger partial charge is 0.501 e. The van der Waals surface area contributed by atoms with Crippen molar-refractivity contribution >= 4 is 8.80 Å². The molecule has 0 unspecified atom stereocenters. The Morgan fingerprint density at radius 3 is 2.31 bits per heavy atom. The first-order valence-electron chi connectivity index (χ1n) is 9.44. The van der Waals surface area contributed by atoms with Crippen molar-refractivity contribution in [3.05, 3.63) is 23.8 Å². The standard InChI is InChI=1S/C19H32O6Si/c1-6-22-26(23-7-2,24-8-3)13-9-12-20-17-10-11-18-16(14-17)15-21-19(4,5)25-18/h10-11,14H,6-9,12-13,15H2,1-5H3. The molecule has 1 aromatic rings. The molecule has 0 aromatic heterocycles. The van der Waals surface area contributed by atoms with E-state index in [-0.39, 0.29) is 0 Å². The van der Waals surface area contributed by atoms with E-state index in [1.165, 1.54) is 0 Å². The minimum absolute atomic E-state index is 0.522. The molecule has 7 heteroatoms. The molecule has 0 bridgehead atoms. The molecule has 1 aliphatic heterocycles. The van der Waals surface area contributed by atoms with E-state index in [1.807, 2.05) is 52.8 Å². The van der Waals surface area contributed by atoms with E-state index in [0.29, 0.717) is 33.0 Å². The minimum atomic E-state index is -2.59. The Morgan fingerprint density at radius 1 is 1.04 bits per heavy atom. The van der Waals surface area contributed by atoms with Gasteiger partial charge in [-0.05, 0) is 45.4 Å². The fourth-order valence-electron chi connectivity index (χ4n) is 2.88. The van der Waals surface area contributed by atoms with Gasteiger partial charge in [-0.2, -0.15) is 0 Å². The van der Waals surface area contributed by atoms with Crippen LogP contribution < -0.4 is 9.47 Å². The monoisotopic (exact) mass is 384 g/mol. The van der Waals surface area contributed by atoms with Gasteiger partial charge in [0.25, 0.3) is 0 Å². The van der Waals surface area contributed by atoms with Crippen molar-refractivity contribution in [1.29, 1.82) is 0 Å². The molecule has 0 aliphatic carbocycles. The van der Waals surface area contributed by atoms with Crippen molar-refractivity contribution in [3.8, 4) is 11.5 Å². The number of ether oxygens (including phenoxy) is 3. The minimum Gasteiger partial charge on any atom is -0.494 e. The van der Waals surface area contributed by atoms with E-state index < -0.39 is 14.6 Å². The van der Waals surface area contributed by atoms with E-state index in [0.717, 1.165) is 29.5 Å². The molecular weight excluding hydrogens is 352 g/mol. The fraction of sp³-hybridized carbons (Fsp3) is 0.684. The van der Waals surface area contributed by atoms with Gasteiger partial charge >= 0.3 is 8.80 Å². The van der Waals surface area contributed by atoms with Gasteiger partial charge in [-0.15, -0.1) is 0 Å². The van der Waals surface area contributed by atoms with Crippen LogP contribution in [-0.2, 0) is 24.6 Å². The molecule has 0 fully saturated rings. The van der Waals surface area contributed by atoms with Crippen molar-refractivity contribution in [3.63, 3.8) is 0 Å². The maximum atomic E-state index is 5.90. The lowest BCUT2D eigenvalue weighted by Crippen LogP contribution is -2.46. The SMILES string of the molecule is CCO[Si](CCCOc1ccc2c(c1)COC(C)(C)O2)(OCC)OCC. The van der Waals surface area contributed by atoms with Gasteiger partial charge < -0.3 is 27.5 Å². The van der Waals surface area contributed by atoms with E-state index >= 15 is 0 Å². The second-order valence-electron chi connectivity index (χ2n) is 6.49. The number of hydrogen-bond donors (Lipinski definition) is 0. The Morgan fingerprint density at radius 2 is 1.69 bits per heavy atom. The zero-order chi connectivity index (χ0) is 19.0. The van der Waals surface area contributed by atoms with Crippen LogP contribution in [0.4, 0.5) is 0 Å². The van der Waals surface area contributed by atoms with Gasteiger partial charge in [-0.1, -0.05) is 0 Å². The molecule has 1 aromatic carbocycles. The van der Waals surface area contributed by atoms with Gasteiger partial charge in [0.2, 0.25) is 5.79 Å². The van der Waals surface area contributed by atoms with Crippen molar-refractivity contribution in [1.82, 2.24) is 0 Å². The first-order valence-corrected chi connectivity index (χ1v) is 11.4. The summed E-state index contributed by atoms with van der Waals surface area (Å²) in [6.07, 6.45) is 0.809. The van der Waals surface area contributed by atoms with Crippen LogP contribution in [0.5, 0.6) is 11.5 Å². The van der Waals surface area contributed by atoms with E-state index in [2.05, 4.69) is 0 Å². The van der Waals surface area contributed by atoms with E-state index in [1.54, 1.807) is 0 Å². The summed E-state index contributed by atoms with van der Waals surface area (Å²) in [7, 11) is -2.59. The van der Waals surface area contributed by atoms with Gasteiger partial charge in [0.15, 0.2) is 0 Å². The third-order valence-corrected chi connectivity index (χ3v) is 7.10. The van der Waals surface area contributed by atoms with E-state index in [4.69, 9.17) is 27.5 Å². The molecule has 0 radical (unpaired) electrons. The van der Waals surface area contributed by atoms with Gasteiger partial charge in [0.1, 0.15) is 11.5 Å². The van der Waals surface area contributed by atoms with Crippen LogP contribution in [-0.4, -0.2) is 41.0 Å². The lowest BCUT2D eigenvalue weighted by Gasteiger charge is -2.32. The Balaban J connectivity index is 1.87. The summed E-state index contributed by atoms with van der Waals surface area (Å²) in [6, 6.07) is 6.59. The third kappa shape index (κ3) is 5.96. The third-order valence-electron chi connectivity index (χ3n) is 3.95. The predicted molar refractivity (Wildman–Crippen MR) is 101 cm³/mol. The molecule has 0 saturated carbocycles. The first kappa shape index (κ1) is 21.2. The summed E-state index contributed by atoms with van der Waals surface area (Å²) in [5.74, 6) is 1.08. The van der Waals surface area contributed by atoms with Gasteiger partial charge in [0.05, 0.1) is 13.2 Å². The Hall–Kier alpha value is -1.12. The van der Waals surface area contributed by atoms with Crippen LogP contribution in [0, 0.1) is 0 Å². The van der Waals surface area contributed by atoms with Gasteiger partial charge in [0, 0.05) is 45.3 Å². The maximum Gasteiger partial charge on any atom is 0.501 e. The number of rotatable bonds is 11. The summed E-state index contributed by atoms with van der Waals surface area (Å²) in [5.41, 5.74) is 1.00. The highest BCUT2D eigenvalue weighted by Crippen LogP contribution is 2.33. The molecule has 1 aliphatic rings. The van der Waals surface area contributed by atoms with Crippen molar-refractivity contribution < 1.29 is 27.5 Å².